The highest BCUT2D eigenvalue weighted by molar-refractivity contribution is 7.91. The molecule has 1 saturated heterocycles. The van der Waals surface area contributed by atoms with Crippen LogP contribution >= 0.6 is 0 Å². The number of carbonyl (C=O) groups excluding carboxylic acids is 1. The predicted octanol–water partition coefficient (Wildman–Crippen LogP) is 3.07. The van der Waals surface area contributed by atoms with E-state index in [-0.39, 0.29) is 17.0 Å². The maximum absolute atomic E-state index is 13.0. The van der Waals surface area contributed by atoms with Gasteiger partial charge >= 0.3 is 6.03 Å². The lowest BCUT2D eigenvalue weighted by Crippen LogP contribution is -2.43. The highest BCUT2D eigenvalue weighted by Crippen LogP contribution is 2.34. The zero-order valence-corrected chi connectivity index (χ0v) is 17.0. The van der Waals surface area contributed by atoms with Gasteiger partial charge in [-0.3, -0.25) is 0 Å². The van der Waals surface area contributed by atoms with Crippen molar-refractivity contribution in [2.75, 3.05) is 36.1 Å². The molecule has 0 radical (unpaired) electrons. The fourth-order valence-electron chi connectivity index (χ4n) is 4.39. The van der Waals surface area contributed by atoms with E-state index < -0.39 is 9.84 Å². The molecular weight excluding hydrogens is 374 g/mol. The Labute approximate surface area is 166 Å². The molecule has 2 aliphatic rings. The van der Waals surface area contributed by atoms with Crippen molar-refractivity contribution in [1.82, 2.24) is 4.90 Å². The van der Waals surface area contributed by atoms with Crippen LogP contribution < -0.4 is 10.2 Å². The third kappa shape index (κ3) is 3.46. The number of carbonyl (C=O) groups is 1. The fourth-order valence-corrected chi connectivity index (χ4v) is 5.56. The van der Waals surface area contributed by atoms with Crippen molar-refractivity contribution in [3.8, 4) is 0 Å². The number of fused-ring (bicyclic) bond motifs is 3. The van der Waals surface area contributed by atoms with Crippen molar-refractivity contribution < 1.29 is 13.2 Å². The molecule has 148 valence electrons. The fraction of sp³-hybridized carbons (Fsp3) is 0.381. The van der Waals surface area contributed by atoms with Gasteiger partial charge in [-0.05, 0) is 43.0 Å². The zero-order valence-electron chi connectivity index (χ0n) is 16.2. The summed E-state index contributed by atoms with van der Waals surface area (Å²) in [4.78, 5) is 17.4. The quantitative estimate of drug-likeness (QED) is 0.843. The molecule has 2 aromatic carbocycles. The van der Waals surface area contributed by atoms with Crippen LogP contribution in [0.25, 0.3) is 0 Å². The minimum atomic E-state index is -3.44. The number of urea groups is 1. The lowest BCUT2D eigenvalue weighted by Gasteiger charge is -2.27. The van der Waals surface area contributed by atoms with Crippen LogP contribution in [0.4, 0.5) is 16.2 Å². The van der Waals surface area contributed by atoms with Gasteiger partial charge in [0, 0.05) is 31.6 Å². The molecule has 0 bridgehead atoms. The molecule has 6 nitrogen and oxygen atoms in total. The maximum atomic E-state index is 13.0. The number of benzene rings is 2. The summed E-state index contributed by atoms with van der Waals surface area (Å²) < 4.78 is 24.4. The summed E-state index contributed by atoms with van der Waals surface area (Å²) >= 11 is 0. The van der Waals surface area contributed by atoms with E-state index in [4.69, 9.17) is 0 Å². The average molecular weight is 400 g/mol. The Bertz CT molecular complexity index is 1020. The van der Waals surface area contributed by atoms with Crippen molar-refractivity contribution in [3.05, 3.63) is 53.6 Å². The SMILES string of the molecule is Cc1cccc(NC(=O)N2CCCN3c4ccccc4C[C@@H]3C2)c1S(C)(=O)=O. The molecule has 4 rings (SSSR count). The molecule has 0 unspecified atom stereocenters. The molecule has 2 amide bonds. The summed E-state index contributed by atoms with van der Waals surface area (Å²) in [5.74, 6) is 0. The molecule has 1 atom stereocenters. The zero-order chi connectivity index (χ0) is 19.9. The Hall–Kier alpha value is -2.54. The number of rotatable bonds is 2. The second kappa shape index (κ2) is 7.13. The molecule has 2 aliphatic heterocycles. The molecule has 1 N–H and O–H groups in total. The smallest absolute Gasteiger partial charge is 0.321 e. The summed E-state index contributed by atoms with van der Waals surface area (Å²) in [5, 5.41) is 2.85. The minimum Gasteiger partial charge on any atom is -0.366 e. The van der Waals surface area contributed by atoms with E-state index in [1.165, 1.54) is 17.5 Å². The molecule has 0 saturated carbocycles. The van der Waals surface area contributed by atoms with Gasteiger partial charge in [0.15, 0.2) is 9.84 Å². The predicted molar refractivity (Wildman–Crippen MR) is 111 cm³/mol. The van der Waals surface area contributed by atoms with Crippen LogP contribution in [0.15, 0.2) is 47.4 Å². The number of amides is 2. The lowest BCUT2D eigenvalue weighted by molar-refractivity contribution is 0.211. The summed E-state index contributed by atoms with van der Waals surface area (Å²) in [7, 11) is -3.44. The van der Waals surface area contributed by atoms with Crippen LogP contribution in [-0.4, -0.2) is 51.3 Å². The topological polar surface area (TPSA) is 69.7 Å². The van der Waals surface area contributed by atoms with Gasteiger partial charge in [-0.15, -0.1) is 0 Å². The van der Waals surface area contributed by atoms with Crippen LogP contribution in [0.3, 0.4) is 0 Å². The van der Waals surface area contributed by atoms with Gasteiger partial charge in [-0.2, -0.15) is 0 Å². The normalized spacial score (nSPS) is 19.0. The summed E-state index contributed by atoms with van der Waals surface area (Å²) in [6.07, 6.45) is 2.98. The molecule has 0 spiro atoms. The largest absolute Gasteiger partial charge is 0.366 e. The van der Waals surface area contributed by atoms with Crippen LogP contribution in [0, 0.1) is 6.92 Å². The van der Waals surface area contributed by atoms with E-state index in [0.29, 0.717) is 24.3 Å². The third-order valence-corrected chi connectivity index (χ3v) is 6.85. The number of nitrogens with zero attached hydrogens (tertiary/aromatic N) is 2. The van der Waals surface area contributed by atoms with E-state index in [1.54, 1.807) is 25.1 Å². The maximum Gasteiger partial charge on any atom is 0.321 e. The van der Waals surface area contributed by atoms with Gasteiger partial charge in [0.05, 0.1) is 16.6 Å². The van der Waals surface area contributed by atoms with Crippen molar-refractivity contribution in [3.63, 3.8) is 0 Å². The molecular formula is C21H25N3O3S. The lowest BCUT2D eigenvalue weighted by atomic mass is 10.1. The summed E-state index contributed by atoms with van der Waals surface area (Å²) in [6.45, 7) is 3.94. The van der Waals surface area contributed by atoms with E-state index in [9.17, 15) is 13.2 Å². The molecule has 0 aromatic heterocycles. The van der Waals surface area contributed by atoms with Gasteiger partial charge in [-0.25, -0.2) is 13.2 Å². The number of aryl methyl sites for hydroxylation is 1. The Morgan fingerprint density at radius 3 is 2.68 bits per heavy atom. The first-order chi connectivity index (χ1) is 13.3. The second-order valence-electron chi connectivity index (χ2n) is 7.63. The number of para-hydroxylation sites is 1. The standard InChI is InChI=1S/C21H25N3O3S/c1-15-7-5-9-18(20(15)28(2,26)27)22-21(25)23-11-6-12-24-17(14-23)13-16-8-3-4-10-19(16)24/h3-5,7-10,17H,6,11-14H2,1-2H3,(H,22,25)/t17-/m1/s1. The summed E-state index contributed by atoms with van der Waals surface area (Å²) in [6, 6.07) is 13.6. The minimum absolute atomic E-state index is 0.188. The first kappa shape index (κ1) is 18.8. The highest BCUT2D eigenvalue weighted by Gasteiger charge is 2.33. The van der Waals surface area contributed by atoms with Gasteiger partial charge in [-0.1, -0.05) is 30.3 Å². The van der Waals surface area contributed by atoms with E-state index in [2.05, 4.69) is 34.5 Å². The van der Waals surface area contributed by atoms with E-state index in [1.807, 2.05) is 4.90 Å². The molecule has 2 aromatic rings. The first-order valence-electron chi connectivity index (χ1n) is 9.55. The number of hydrogen-bond donors (Lipinski definition) is 1. The number of hydrogen-bond acceptors (Lipinski definition) is 4. The molecule has 7 heteroatoms. The van der Waals surface area contributed by atoms with Gasteiger partial charge < -0.3 is 15.1 Å². The number of anilines is 2. The number of sulfone groups is 1. The van der Waals surface area contributed by atoms with Crippen LogP contribution in [0.1, 0.15) is 17.5 Å². The summed E-state index contributed by atoms with van der Waals surface area (Å²) in [5.41, 5.74) is 3.58. The first-order valence-corrected chi connectivity index (χ1v) is 11.4. The molecule has 2 heterocycles. The monoisotopic (exact) mass is 399 g/mol. The van der Waals surface area contributed by atoms with Crippen LogP contribution in [0.5, 0.6) is 0 Å². The van der Waals surface area contributed by atoms with E-state index >= 15 is 0 Å². The Kier molecular flexibility index (Phi) is 4.79. The average Bonchev–Trinajstić information content (AvgIpc) is 2.83. The Balaban J connectivity index is 1.54. The molecule has 28 heavy (non-hydrogen) atoms. The van der Waals surface area contributed by atoms with Gasteiger partial charge in [0.25, 0.3) is 0 Å². The second-order valence-corrected chi connectivity index (χ2v) is 9.59. The van der Waals surface area contributed by atoms with Gasteiger partial charge in [0.2, 0.25) is 0 Å². The number of nitrogens with one attached hydrogen (secondary N) is 1. The van der Waals surface area contributed by atoms with Crippen molar-refractivity contribution in [1.29, 1.82) is 0 Å². The third-order valence-electron chi connectivity index (χ3n) is 5.57. The Morgan fingerprint density at radius 1 is 1.11 bits per heavy atom. The van der Waals surface area contributed by atoms with E-state index in [0.717, 1.165) is 19.4 Å². The highest BCUT2D eigenvalue weighted by atomic mass is 32.2. The van der Waals surface area contributed by atoms with Crippen molar-refractivity contribution in [2.45, 2.75) is 30.7 Å². The van der Waals surface area contributed by atoms with Crippen LogP contribution in [0.2, 0.25) is 0 Å². The Morgan fingerprint density at radius 2 is 1.89 bits per heavy atom. The van der Waals surface area contributed by atoms with Crippen LogP contribution in [-0.2, 0) is 16.3 Å². The molecule has 0 aliphatic carbocycles. The molecule has 1 fully saturated rings. The van der Waals surface area contributed by atoms with Crippen molar-refractivity contribution >= 4 is 27.2 Å². The van der Waals surface area contributed by atoms with Gasteiger partial charge in [0.1, 0.15) is 0 Å². The van der Waals surface area contributed by atoms with Crippen molar-refractivity contribution in [2.24, 2.45) is 0 Å².